The Labute approximate surface area is 130 Å². The van der Waals surface area contributed by atoms with Crippen LogP contribution in [0.1, 0.15) is 15.9 Å². The fourth-order valence-electron chi connectivity index (χ4n) is 1.60. The Morgan fingerprint density at radius 2 is 1.95 bits per heavy atom. The van der Waals surface area contributed by atoms with Gasteiger partial charge in [-0.25, -0.2) is 4.98 Å². The molecule has 2 aromatic rings. The maximum Gasteiger partial charge on any atom is 0.257 e. The molecule has 0 fully saturated rings. The Morgan fingerprint density at radius 1 is 1.25 bits per heavy atom. The first-order valence-corrected chi connectivity index (χ1v) is 6.70. The minimum atomic E-state index is -0.423. The first-order valence-electron chi connectivity index (χ1n) is 5.56. The van der Waals surface area contributed by atoms with Gasteiger partial charge in [0.05, 0.1) is 27.5 Å². The smallest absolute Gasteiger partial charge is 0.257 e. The van der Waals surface area contributed by atoms with Crippen LogP contribution in [-0.2, 0) is 0 Å². The van der Waals surface area contributed by atoms with E-state index in [1.807, 2.05) is 0 Å². The molecule has 0 saturated carbocycles. The van der Waals surface area contributed by atoms with Gasteiger partial charge in [0.1, 0.15) is 5.15 Å². The van der Waals surface area contributed by atoms with Crippen molar-refractivity contribution in [1.29, 1.82) is 0 Å². The Morgan fingerprint density at radius 3 is 2.60 bits per heavy atom. The van der Waals surface area contributed by atoms with Crippen LogP contribution in [-0.4, -0.2) is 10.9 Å². The first kappa shape index (κ1) is 14.9. The van der Waals surface area contributed by atoms with Crippen molar-refractivity contribution in [1.82, 2.24) is 4.98 Å². The van der Waals surface area contributed by atoms with Crippen molar-refractivity contribution in [3.63, 3.8) is 0 Å². The number of nitrogens with two attached hydrogens (primary N) is 1. The third kappa shape index (κ3) is 3.15. The van der Waals surface area contributed by atoms with Crippen LogP contribution in [0.2, 0.25) is 15.2 Å². The molecule has 104 valence electrons. The van der Waals surface area contributed by atoms with Gasteiger partial charge in [-0.3, -0.25) is 4.79 Å². The number of pyridine rings is 1. The van der Waals surface area contributed by atoms with Crippen LogP contribution >= 0.6 is 34.8 Å². The molecule has 0 atom stereocenters. The number of aryl methyl sites for hydroxylation is 1. The topological polar surface area (TPSA) is 68.0 Å². The number of nitrogens with zero attached hydrogens (tertiary/aromatic N) is 1. The molecule has 0 spiro atoms. The third-order valence-corrected chi connectivity index (χ3v) is 3.77. The van der Waals surface area contributed by atoms with Crippen molar-refractivity contribution in [2.45, 2.75) is 6.92 Å². The number of carbonyl (C=O) groups excluding carboxylic acids is 1. The molecule has 7 heteroatoms. The molecule has 0 bridgehead atoms. The third-order valence-electron chi connectivity index (χ3n) is 2.57. The number of aromatic nitrogens is 1. The molecule has 0 unspecified atom stereocenters. The van der Waals surface area contributed by atoms with Crippen LogP contribution in [0.3, 0.4) is 0 Å². The van der Waals surface area contributed by atoms with Crippen molar-refractivity contribution in [2.24, 2.45) is 0 Å². The first-order chi connectivity index (χ1) is 9.38. The lowest BCUT2D eigenvalue weighted by atomic mass is 10.2. The van der Waals surface area contributed by atoms with E-state index in [0.717, 1.165) is 5.56 Å². The monoisotopic (exact) mass is 329 g/mol. The van der Waals surface area contributed by atoms with Gasteiger partial charge >= 0.3 is 0 Å². The number of rotatable bonds is 2. The quantitative estimate of drug-likeness (QED) is 0.641. The number of carbonyl (C=O) groups is 1. The van der Waals surface area contributed by atoms with Gasteiger partial charge in [-0.1, -0.05) is 34.8 Å². The number of nitrogen functional groups attached to an aromatic ring is 1. The van der Waals surface area contributed by atoms with E-state index in [1.165, 1.54) is 18.3 Å². The molecule has 1 aromatic carbocycles. The van der Waals surface area contributed by atoms with Gasteiger partial charge in [0.15, 0.2) is 0 Å². The minimum absolute atomic E-state index is 0.150. The highest BCUT2D eigenvalue weighted by atomic mass is 35.5. The zero-order valence-electron chi connectivity index (χ0n) is 10.4. The Hall–Kier alpha value is -1.49. The highest BCUT2D eigenvalue weighted by Crippen LogP contribution is 2.29. The lowest BCUT2D eigenvalue weighted by molar-refractivity contribution is 0.102. The zero-order valence-corrected chi connectivity index (χ0v) is 12.6. The van der Waals surface area contributed by atoms with Crippen LogP contribution in [0.25, 0.3) is 0 Å². The van der Waals surface area contributed by atoms with Gasteiger partial charge in [-0.2, -0.15) is 0 Å². The molecule has 0 radical (unpaired) electrons. The summed E-state index contributed by atoms with van der Waals surface area (Å²) in [5, 5.41) is 3.42. The standard InChI is InChI=1S/C13H10Cl3N3O/c1-6-2-8(5-18-12(6)16)19-13(20)9-3-7(17)4-10(14)11(9)15/h2-5H,17H2,1H3,(H,19,20). The number of halogens is 3. The molecular weight excluding hydrogens is 321 g/mol. The summed E-state index contributed by atoms with van der Waals surface area (Å²) in [6, 6.07) is 4.64. The molecule has 3 N–H and O–H groups in total. The molecule has 1 heterocycles. The number of hydrogen-bond donors (Lipinski definition) is 2. The van der Waals surface area contributed by atoms with E-state index in [9.17, 15) is 4.79 Å². The molecule has 4 nitrogen and oxygen atoms in total. The molecular formula is C13H10Cl3N3O. The second-order valence-electron chi connectivity index (χ2n) is 4.15. The molecule has 0 aliphatic heterocycles. The minimum Gasteiger partial charge on any atom is -0.399 e. The second kappa shape index (κ2) is 5.87. The normalized spacial score (nSPS) is 10.4. The average molecular weight is 331 g/mol. The average Bonchev–Trinajstić information content (AvgIpc) is 2.38. The SMILES string of the molecule is Cc1cc(NC(=O)c2cc(N)cc(Cl)c2Cl)cnc1Cl. The van der Waals surface area contributed by atoms with Crippen molar-refractivity contribution in [2.75, 3.05) is 11.1 Å². The van der Waals surface area contributed by atoms with E-state index in [0.29, 0.717) is 16.5 Å². The van der Waals surface area contributed by atoms with Crippen LogP contribution in [0.15, 0.2) is 24.4 Å². The summed E-state index contributed by atoms with van der Waals surface area (Å²) >= 11 is 17.7. The van der Waals surface area contributed by atoms with E-state index in [2.05, 4.69) is 10.3 Å². The van der Waals surface area contributed by atoms with E-state index in [1.54, 1.807) is 13.0 Å². The summed E-state index contributed by atoms with van der Waals surface area (Å²) in [7, 11) is 0. The van der Waals surface area contributed by atoms with Crippen LogP contribution in [0.4, 0.5) is 11.4 Å². The lowest BCUT2D eigenvalue weighted by Crippen LogP contribution is -2.13. The van der Waals surface area contributed by atoms with Gasteiger partial charge in [0, 0.05) is 5.69 Å². The summed E-state index contributed by atoms with van der Waals surface area (Å²) in [6.45, 7) is 1.79. The Kier molecular flexibility index (Phi) is 4.38. The summed E-state index contributed by atoms with van der Waals surface area (Å²) in [6.07, 6.45) is 1.45. The molecule has 1 aromatic heterocycles. The predicted molar refractivity (Wildman–Crippen MR) is 82.8 cm³/mol. The number of nitrogens with one attached hydrogen (secondary N) is 1. The van der Waals surface area contributed by atoms with Crippen molar-refractivity contribution in [3.05, 3.63) is 50.7 Å². The number of amides is 1. The molecule has 2 rings (SSSR count). The number of hydrogen-bond acceptors (Lipinski definition) is 3. The maximum absolute atomic E-state index is 12.2. The van der Waals surface area contributed by atoms with E-state index >= 15 is 0 Å². The van der Waals surface area contributed by atoms with Gasteiger partial charge in [-0.15, -0.1) is 0 Å². The highest BCUT2D eigenvalue weighted by molar-refractivity contribution is 6.44. The van der Waals surface area contributed by atoms with Gasteiger partial charge in [0.25, 0.3) is 5.91 Å². The van der Waals surface area contributed by atoms with E-state index in [-0.39, 0.29) is 15.6 Å². The van der Waals surface area contributed by atoms with E-state index in [4.69, 9.17) is 40.5 Å². The van der Waals surface area contributed by atoms with Crippen molar-refractivity contribution in [3.8, 4) is 0 Å². The Balaban J connectivity index is 2.30. The summed E-state index contributed by atoms with van der Waals surface area (Å²) in [5.41, 5.74) is 7.46. The largest absolute Gasteiger partial charge is 0.399 e. The second-order valence-corrected chi connectivity index (χ2v) is 5.29. The number of anilines is 2. The summed E-state index contributed by atoms with van der Waals surface area (Å²) in [5.74, 6) is -0.423. The zero-order chi connectivity index (χ0) is 14.9. The van der Waals surface area contributed by atoms with Crippen LogP contribution in [0.5, 0.6) is 0 Å². The maximum atomic E-state index is 12.2. The van der Waals surface area contributed by atoms with Crippen LogP contribution in [0, 0.1) is 6.92 Å². The lowest BCUT2D eigenvalue weighted by Gasteiger charge is -2.09. The Bertz CT molecular complexity index is 689. The molecule has 0 aliphatic carbocycles. The molecule has 1 amide bonds. The van der Waals surface area contributed by atoms with Crippen molar-refractivity contribution >= 4 is 52.1 Å². The summed E-state index contributed by atoms with van der Waals surface area (Å²) < 4.78 is 0. The molecule has 0 aliphatic rings. The molecule has 0 saturated heterocycles. The predicted octanol–water partition coefficient (Wildman–Crippen LogP) is 4.18. The van der Waals surface area contributed by atoms with Crippen LogP contribution < -0.4 is 11.1 Å². The van der Waals surface area contributed by atoms with Crippen molar-refractivity contribution < 1.29 is 4.79 Å². The van der Waals surface area contributed by atoms with Gasteiger partial charge < -0.3 is 11.1 Å². The van der Waals surface area contributed by atoms with Gasteiger partial charge in [-0.05, 0) is 30.7 Å². The molecule has 20 heavy (non-hydrogen) atoms. The number of benzene rings is 1. The fraction of sp³-hybridized carbons (Fsp3) is 0.0769. The van der Waals surface area contributed by atoms with Gasteiger partial charge in [0.2, 0.25) is 0 Å². The summed E-state index contributed by atoms with van der Waals surface area (Å²) in [4.78, 5) is 16.1. The highest BCUT2D eigenvalue weighted by Gasteiger charge is 2.15. The van der Waals surface area contributed by atoms with E-state index < -0.39 is 5.91 Å². The fourth-order valence-corrected chi connectivity index (χ4v) is 2.13.